The van der Waals surface area contributed by atoms with Crippen LogP contribution in [0.5, 0.6) is 0 Å². The molecule has 1 aromatic carbocycles. The molecule has 1 rings (SSSR count). The third-order valence-electron chi connectivity index (χ3n) is 1.13. The lowest BCUT2D eigenvalue weighted by atomic mass is 10.3. The zero-order valence-electron chi connectivity index (χ0n) is 7.26. The predicted octanol–water partition coefficient (Wildman–Crippen LogP) is -0.256. The molecular weight excluding hydrogens is 247 g/mol. The van der Waals surface area contributed by atoms with Crippen LogP contribution in [-0.4, -0.2) is 3.42 Å². The zero-order chi connectivity index (χ0) is 8.32. The first-order valence-electron chi connectivity index (χ1n) is 3.79. The summed E-state index contributed by atoms with van der Waals surface area (Å²) in [4.78, 5) is 0. The molecule has 0 N–H and O–H groups in total. The summed E-state index contributed by atoms with van der Waals surface area (Å²) in [6.45, 7) is 6.94. The molecule has 0 nitrogen and oxygen atoms in total. The van der Waals surface area contributed by atoms with Gasteiger partial charge >= 0.3 is 21.2 Å². The SMILES string of the molecule is CC(C)(C)[I+]c1ccccc1. The quantitative estimate of drug-likeness (QED) is 0.483. The van der Waals surface area contributed by atoms with E-state index in [-0.39, 0.29) is 21.2 Å². The van der Waals surface area contributed by atoms with Crippen molar-refractivity contribution >= 4 is 0 Å². The molecule has 0 bridgehead atoms. The summed E-state index contributed by atoms with van der Waals surface area (Å²) < 4.78 is 2.05. The van der Waals surface area contributed by atoms with Crippen LogP contribution in [0.3, 0.4) is 0 Å². The first-order valence-corrected chi connectivity index (χ1v) is 5.95. The highest BCUT2D eigenvalue weighted by Crippen LogP contribution is 1.88. The van der Waals surface area contributed by atoms with Crippen molar-refractivity contribution in [2.45, 2.75) is 24.2 Å². The Morgan fingerprint density at radius 1 is 1.00 bits per heavy atom. The summed E-state index contributed by atoms with van der Waals surface area (Å²) in [5.41, 5.74) is 0. The summed E-state index contributed by atoms with van der Waals surface area (Å²) in [6, 6.07) is 10.8. The molecule has 0 aliphatic rings. The van der Waals surface area contributed by atoms with Gasteiger partial charge in [-0.3, -0.25) is 0 Å². The van der Waals surface area contributed by atoms with E-state index < -0.39 is 0 Å². The molecule has 0 radical (unpaired) electrons. The monoisotopic (exact) mass is 261 g/mol. The topological polar surface area (TPSA) is 0 Å². The third kappa shape index (κ3) is 3.75. The Hall–Kier alpha value is -0.0500. The summed E-state index contributed by atoms with van der Waals surface area (Å²) >= 11 is 0.184. The minimum Gasteiger partial charge on any atom is -0.0619 e. The van der Waals surface area contributed by atoms with Crippen molar-refractivity contribution in [3.05, 3.63) is 33.9 Å². The van der Waals surface area contributed by atoms with Gasteiger partial charge in [-0.05, 0) is 32.9 Å². The number of hydrogen-bond acceptors (Lipinski definition) is 0. The van der Waals surface area contributed by atoms with Crippen LogP contribution in [-0.2, 0) is 0 Å². The van der Waals surface area contributed by atoms with Crippen molar-refractivity contribution in [2.75, 3.05) is 0 Å². The van der Waals surface area contributed by atoms with Crippen molar-refractivity contribution in [3.63, 3.8) is 0 Å². The standard InChI is InChI=1S/C10H14I/c1-10(2,3)11-9-7-5-4-6-8-9/h4-8H,1-3H3/q+1. The van der Waals surface area contributed by atoms with Crippen molar-refractivity contribution in [1.29, 1.82) is 0 Å². The Morgan fingerprint density at radius 3 is 2.00 bits per heavy atom. The van der Waals surface area contributed by atoms with E-state index in [1.54, 1.807) is 3.57 Å². The van der Waals surface area contributed by atoms with Crippen LogP contribution in [0, 0.1) is 3.57 Å². The highest BCUT2D eigenvalue weighted by atomic mass is 127. The third-order valence-corrected chi connectivity index (χ3v) is 4.09. The van der Waals surface area contributed by atoms with Gasteiger partial charge < -0.3 is 0 Å². The van der Waals surface area contributed by atoms with E-state index in [4.69, 9.17) is 0 Å². The molecule has 60 valence electrons. The highest BCUT2D eigenvalue weighted by Gasteiger charge is 2.28. The molecule has 0 aliphatic carbocycles. The Balaban J connectivity index is 2.66. The van der Waals surface area contributed by atoms with E-state index in [0.29, 0.717) is 3.42 Å². The van der Waals surface area contributed by atoms with Gasteiger partial charge in [0.15, 0.2) is 6.99 Å². The summed E-state index contributed by atoms with van der Waals surface area (Å²) in [5.74, 6) is 0. The maximum absolute atomic E-state index is 2.31. The molecule has 0 amide bonds. The average Bonchev–Trinajstić information content (AvgIpc) is 1.85. The van der Waals surface area contributed by atoms with Gasteiger partial charge in [0.25, 0.3) is 0 Å². The van der Waals surface area contributed by atoms with E-state index in [0.717, 1.165) is 0 Å². The summed E-state index contributed by atoms with van der Waals surface area (Å²) in [6.07, 6.45) is 0. The molecule has 0 saturated heterocycles. The van der Waals surface area contributed by atoms with Gasteiger partial charge in [0, 0.05) is 0 Å². The van der Waals surface area contributed by atoms with Gasteiger partial charge in [0.1, 0.15) is 0 Å². The summed E-state index contributed by atoms with van der Waals surface area (Å²) in [5, 5.41) is 0. The fraction of sp³-hybridized carbons (Fsp3) is 0.400. The van der Waals surface area contributed by atoms with Crippen molar-refractivity contribution in [2.24, 2.45) is 0 Å². The Labute approximate surface area is 79.3 Å². The van der Waals surface area contributed by atoms with E-state index in [2.05, 4.69) is 51.1 Å². The summed E-state index contributed by atoms with van der Waals surface area (Å²) in [7, 11) is 0. The molecule has 11 heavy (non-hydrogen) atoms. The van der Waals surface area contributed by atoms with E-state index >= 15 is 0 Å². The zero-order valence-corrected chi connectivity index (χ0v) is 9.42. The largest absolute Gasteiger partial charge is 0.319 e. The smallest absolute Gasteiger partial charge is 0.0619 e. The second kappa shape index (κ2) is 3.57. The van der Waals surface area contributed by atoms with Crippen molar-refractivity contribution < 1.29 is 21.2 Å². The van der Waals surface area contributed by atoms with E-state index in [1.165, 1.54) is 0 Å². The number of rotatable bonds is 1. The van der Waals surface area contributed by atoms with E-state index in [1.807, 2.05) is 0 Å². The lowest BCUT2D eigenvalue weighted by Gasteiger charge is -2.00. The van der Waals surface area contributed by atoms with Crippen LogP contribution in [0.4, 0.5) is 0 Å². The first-order chi connectivity index (χ1) is 5.08. The minimum absolute atomic E-state index is 0.184. The second-order valence-electron chi connectivity index (χ2n) is 3.46. The molecule has 0 saturated carbocycles. The highest BCUT2D eigenvalue weighted by molar-refractivity contribution is 4.99. The predicted molar refractivity (Wildman–Crippen MR) is 44.9 cm³/mol. The van der Waals surface area contributed by atoms with Gasteiger partial charge in [-0.25, -0.2) is 0 Å². The fourth-order valence-corrected chi connectivity index (χ4v) is 3.45. The normalized spacial score (nSPS) is 11.5. The maximum Gasteiger partial charge on any atom is 0.319 e. The van der Waals surface area contributed by atoms with Crippen LogP contribution in [0.25, 0.3) is 0 Å². The average molecular weight is 261 g/mol. The van der Waals surface area contributed by atoms with Gasteiger partial charge in [-0.15, -0.1) is 0 Å². The molecule has 0 atom stereocenters. The van der Waals surface area contributed by atoms with Gasteiger partial charge in [0.2, 0.25) is 0 Å². The van der Waals surface area contributed by atoms with Crippen molar-refractivity contribution in [3.8, 4) is 0 Å². The Bertz CT molecular complexity index is 208. The molecular formula is C10H14I+. The molecule has 0 heterocycles. The number of halogens is 1. The number of alkyl halides is 1. The van der Waals surface area contributed by atoms with Crippen LogP contribution in [0.15, 0.2) is 30.3 Å². The van der Waals surface area contributed by atoms with Gasteiger partial charge in [-0.2, -0.15) is 0 Å². The molecule has 0 unspecified atom stereocenters. The first kappa shape index (κ1) is 9.04. The molecule has 0 aliphatic heterocycles. The van der Waals surface area contributed by atoms with Gasteiger partial charge in [0.05, 0.1) is 0 Å². The second-order valence-corrected chi connectivity index (χ2v) is 8.48. The minimum atomic E-state index is 0.184. The van der Waals surface area contributed by atoms with Crippen LogP contribution < -0.4 is 21.2 Å². The van der Waals surface area contributed by atoms with Crippen LogP contribution >= 0.6 is 0 Å². The molecule has 0 spiro atoms. The van der Waals surface area contributed by atoms with Gasteiger partial charge in [-0.1, -0.05) is 18.2 Å². The molecule has 0 fully saturated rings. The number of benzene rings is 1. The maximum atomic E-state index is 2.31. The van der Waals surface area contributed by atoms with Crippen LogP contribution in [0.2, 0.25) is 0 Å². The molecule has 1 aromatic rings. The fourth-order valence-electron chi connectivity index (χ4n) is 0.805. The Kier molecular flexibility index (Phi) is 2.93. The lowest BCUT2D eigenvalue weighted by molar-refractivity contribution is -0.691. The van der Waals surface area contributed by atoms with Crippen molar-refractivity contribution in [1.82, 2.24) is 0 Å². The number of hydrogen-bond donors (Lipinski definition) is 0. The van der Waals surface area contributed by atoms with Crippen LogP contribution in [0.1, 0.15) is 20.8 Å². The van der Waals surface area contributed by atoms with E-state index in [9.17, 15) is 0 Å². The lowest BCUT2D eigenvalue weighted by Crippen LogP contribution is -3.67. The molecule has 1 heteroatoms. The Morgan fingerprint density at radius 2 is 1.55 bits per heavy atom. The molecule has 0 aromatic heterocycles.